The molecule has 2 aliphatic rings. The Kier molecular flexibility index (Phi) is 10.2. The highest BCUT2D eigenvalue weighted by molar-refractivity contribution is 14.0. The minimum Gasteiger partial charge on any atom is -0.497 e. The molecule has 0 radical (unpaired) electrons. The Morgan fingerprint density at radius 1 is 1.20 bits per heavy atom. The van der Waals surface area contributed by atoms with Gasteiger partial charge in [0.1, 0.15) is 5.75 Å². The summed E-state index contributed by atoms with van der Waals surface area (Å²) in [6, 6.07) is 9.63. The summed E-state index contributed by atoms with van der Waals surface area (Å²) in [6.07, 6.45) is 4.35. The number of nitrogens with one attached hydrogen (secondary N) is 2. The van der Waals surface area contributed by atoms with Crippen LogP contribution in [0.25, 0.3) is 0 Å². The Labute approximate surface area is 199 Å². The van der Waals surface area contributed by atoms with Crippen molar-refractivity contribution in [2.24, 2.45) is 4.99 Å². The number of likely N-dealkylation sites (tertiary alicyclic amines) is 1. The molecule has 1 aromatic carbocycles. The molecule has 170 valence electrons. The van der Waals surface area contributed by atoms with Gasteiger partial charge in [0, 0.05) is 57.4 Å². The van der Waals surface area contributed by atoms with Gasteiger partial charge in [-0.15, -0.1) is 24.0 Å². The van der Waals surface area contributed by atoms with E-state index < -0.39 is 0 Å². The Morgan fingerprint density at radius 3 is 2.37 bits per heavy atom. The molecule has 30 heavy (non-hydrogen) atoms. The zero-order valence-electron chi connectivity index (χ0n) is 18.9. The van der Waals surface area contributed by atoms with E-state index >= 15 is 0 Å². The van der Waals surface area contributed by atoms with Crippen LogP contribution in [0.3, 0.4) is 0 Å². The van der Waals surface area contributed by atoms with Crippen molar-refractivity contribution >= 4 is 29.9 Å². The van der Waals surface area contributed by atoms with Crippen LogP contribution in [0.5, 0.6) is 5.75 Å². The van der Waals surface area contributed by atoms with Crippen molar-refractivity contribution < 1.29 is 9.47 Å². The van der Waals surface area contributed by atoms with Gasteiger partial charge in [0.2, 0.25) is 0 Å². The summed E-state index contributed by atoms with van der Waals surface area (Å²) in [7, 11) is 3.57. The second-order valence-corrected chi connectivity index (χ2v) is 8.60. The monoisotopic (exact) mass is 530 g/mol. The highest BCUT2D eigenvalue weighted by Crippen LogP contribution is 2.35. The van der Waals surface area contributed by atoms with E-state index in [9.17, 15) is 0 Å². The van der Waals surface area contributed by atoms with Gasteiger partial charge in [-0.1, -0.05) is 12.1 Å². The van der Waals surface area contributed by atoms with Crippen molar-refractivity contribution in [3.63, 3.8) is 0 Å². The average Bonchev–Trinajstić information content (AvgIpc) is 2.77. The molecule has 6 nitrogen and oxygen atoms in total. The number of methoxy groups -OCH3 is 1. The molecule has 2 heterocycles. The molecule has 7 heteroatoms. The fourth-order valence-corrected chi connectivity index (χ4v) is 4.48. The number of benzene rings is 1. The maximum absolute atomic E-state index is 5.67. The summed E-state index contributed by atoms with van der Waals surface area (Å²) in [5, 5.41) is 7.28. The third kappa shape index (κ3) is 6.47. The summed E-state index contributed by atoms with van der Waals surface area (Å²) in [6.45, 7) is 9.31. The predicted octanol–water partition coefficient (Wildman–Crippen LogP) is 3.40. The number of halogens is 1. The molecule has 0 saturated carbocycles. The van der Waals surface area contributed by atoms with E-state index in [0.29, 0.717) is 12.1 Å². The van der Waals surface area contributed by atoms with Crippen molar-refractivity contribution in [3.8, 4) is 5.75 Å². The first-order chi connectivity index (χ1) is 14.1. The number of ether oxygens (including phenoxy) is 2. The maximum Gasteiger partial charge on any atom is 0.191 e. The predicted molar refractivity (Wildman–Crippen MR) is 134 cm³/mol. The van der Waals surface area contributed by atoms with Crippen LogP contribution in [0.4, 0.5) is 0 Å². The largest absolute Gasteiger partial charge is 0.497 e. The SMILES string of the molecule is CN=C(NCC1(c2ccc(OC)cc2)CCOCC1)NC1CCN(C(C)C)CC1.I. The van der Waals surface area contributed by atoms with Gasteiger partial charge in [0.05, 0.1) is 7.11 Å². The second-order valence-electron chi connectivity index (χ2n) is 8.60. The van der Waals surface area contributed by atoms with Gasteiger partial charge >= 0.3 is 0 Å². The Bertz CT molecular complexity index is 652. The highest BCUT2D eigenvalue weighted by atomic mass is 127. The van der Waals surface area contributed by atoms with Crippen molar-refractivity contribution in [3.05, 3.63) is 29.8 Å². The molecule has 0 spiro atoms. The van der Waals surface area contributed by atoms with E-state index in [1.807, 2.05) is 7.05 Å². The van der Waals surface area contributed by atoms with Crippen molar-refractivity contribution in [1.29, 1.82) is 0 Å². The standard InChI is InChI=1S/C23H38N4O2.HI/c1-18(2)27-13-9-20(10-14-27)26-22(24-3)25-17-23(11-15-29-16-12-23)19-5-7-21(28-4)8-6-19;/h5-8,18,20H,9-17H2,1-4H3,(H2,24,25,26);1H. The number of guanidine groups is 1. The molecule has 2 N–H and O–H groups in total. The van der Waals surface area contributed by atoms with E-state index in [1.54, 1.807) is 7.11 Å². The zero-order valence-corrected chi connectivity index (χ0v) is 21.3. The van der Waals surface area contributed by atoms with Gasteiger partial charge in [-0.2, -0.15) is 0 Å². The third-order valence-corrected chi connectivity index (χ3v) is 6.57. The van der Waals surface area contributed by atoms with E-state index in [0.717, 1.165) is 70.2 Å². The molecular weight excluding hydrogens is 491 g/mol. The molecule has 3 rings (SSSR count). The molecule has 2 saturated heterocycles. The number of nitrogens with zero attached hydrogens (tertiary/aromatic N) is 2. The maximum atomic E-state index is 5.67. The molecule has 0 atom stereocenters. The number of hydrogen-bond acceptors (Lipinski definition) is 4. The fraction of sp³-hybridized carbons (Fsp3) is 0.696. The van der Waals surface area contributed by atoms with Gasteiger partial charge in [0.15, 0.2) is 5.96 Å². The molecular formula is C23H39IN4O2. The fourth-order valence-electron chi connectivity index (χ4n) is 4.48. The number of aliphatic imine (C=N–C) groups is 1. The van der Waals surface area contributed by atoms with E-state index in [2.05, 4.69) is 58.6 Å². The van der Waals surface area contributed by atoms with Gasteiger partial charge in [0.25, 0.3) is 0 Å². The van der Waals surface area contributed by atoms with Crippen molar-refractivity contribution in [2.75, 3.05) is 47.0 Å². The van der Waals surface area contributed by atoms with E-state index in [4.69, 9.17) is 9.47 Å². The number of hydrogen-bond donors (Lipinski definition) is 2. The molecule has 0 amide bonds. The Balaban J connectivity index is 0.00000320. The molecule has 1 aromatic rings. The number of piperidine rings is 1. The van der Waals surface area contributed by atoms with Crippen LogP contribution in [0.2, 0.25) is 0 Å². The summed E-state index contributed by atoms with van der Waals surface area (Å²) in [5.41, 5.74) is 1.40. The molecule has 0 unspecified atom stereocenters. The lowest BCUT2D eigenvalue weighted by Crippen LogP contribution is -2.52. The smallest absolute Gasteiger partial charge is 0.191 e. The molecule has 0 bridgehead atoms. The zero-order chi connectivity index (χ0) is 20.7. The highest BCUT2D eigenvalue weighted by Gasteiger charge is 2.35. The second kappa shape index (κ2) is 12.1. The molecule has 2 fully saturated rings. The lowest BCUT2D eigenvalue weighted by Gasteiger charge is -2.39. The van der Waals surface area contributed by atoms with Crippen LogP contribution >= 0.6 is 24.0 Å². The van der Waals surface area contributed by atoms with Gasteiger partial charge in [-0.3, -0.25) is 4.99 Å². The minimum atomic E-state index is 0. The van der Waals surface area contributed by atoms with E-state index in [1.165, 1.54) is 5.56 Å². The topological polar surface area (TPSA) is 58.1 Å². The first kappa shape index (κ1) is 25.2. The lowest BCUT2D eigenvalue weighted by molar-refractivity contribution is 0.0513. The lowest BCUT2D eigenvalue weighted by atomic mass is 9.74. The van der Waals surface area contributed by atoms with Crippen molar-refractivity contribution in [1.82, 2.24) is 15.5 Å². The summed E-state index contributed by atoms with van der Waals surface area (Å²) in [5.74, 6) is 1.81. The quantitative estimate of drug-likeness (QED) is 0.336. The van der Waals surface area contributed by atoms with Gasteiger partial charge in [-0.05, 0) is 57.2 Å². The van der Waals surface area contributed by atoms with Crippen LogP contribution in [-0.2, 0) is 10.2 Å². The number of rotatable bonds is 6. The van der Waals surface area contributed by atoms with E-state index in [-0.39, 0.29) is 29.4 Å². The van der Waals surface area contributed by atoms with Crippen LogP contribution < -0.4 is 15.4 Å². The van der Waals surface area contributed by atoms with Gasteiger partial charge in [-0.25, -0.2) is 0 Å². The van der Waals surface area contributed by atoms with Crippen molar-refractivity contribution in [2.45, 2.75) is 57.0 Å². The van der Waals surface area contributed by atoms with Gasteiger partial charge < -0.3 is 25.0 Å². The summed E-state index contributed by atoms with van der Waals surface area (Å²) in [4.78, 5) is 7.05. The summed E-state index contributed by atoms with van der Waals surface area (Å²) < 4.78 is 11.0. The Hall–Kier alpha value is -1.06. The van der Waals surface area contributed by atoms with Crippen LogP contribution in [0.1, 0.15) is 45.1 Å². The third-order valence-electron chi connectivity index (χ3n) is 6.57. The first-order valence-electron chi connectivity index (χ1n) is 11.0. The Morgan fingerprint density at radius 2 is 1.83 bits per heavy atom. The average molecular weight is 530 g/mol. The van der Waals surface area contributed by atoms with Crippen LogP contribution in [0.15, 0.2) is 29.3 Å². The van der Waals surface area contributed by atoms with Crippen LogP contribution in [-0.4, -0.2) is 69.9 Å². The normalized spacial score (nSPS) is 20.5. The molecule has 0 aliphatic carbocycles. The minimum absolute atomic E-state index is 0. The summed E-state index contributed by atoms with van der Waals surface area (Å²) >= 11 is 0. The molecule has 0 aromatic heterocycles. The first-order valence-corrected chi connectivity index (χ1v) is 11.0. The van der Waals surface area contributed by atoms with Crippen LogP contribution in [0, 0.1) is 0 Å². The molecule has 2 aliphatic heterocycles.